The zero-order chi connectivity index (χ0) is 22.1. The van der Waals surface area contributed by atoms with Gasteiger partial charge in [0.1, 0.15) is 0 Å². The molecule has 1 heterocycles. The molecule has 0 bridgehead atoms. The van der Waals surface area contributed by atoms with Gasteiger partial charge in [0.25, 0.3) is 0 Å². The Morgan fingerprint density at radius 3 is 2.19 bits per heavy atom. The Bertz CT molecular complexity index is 1540. The van der Waals surface area contributed by atoms with E-state index in [1.54, 1.807) is 0 Å². The molecular weight excluding hydrogens is 416 g/mol. The van der Waals surface area contributed by atoms with Gasteiger partial charge >= 0.3 is 0 Å². The van der Waals surface area contributed by atoms with Gasteiger partial charge in [-0.25, -0.2) is 0 Å². The van der Waals surface area contributed by atoms with E-state index in [4.69, 9.17) is 17.0 Å². The van der Waals surface area contributed by atoms with E-state index < -0.39 is 0 Å². The summed E-state index contributed by atoms with van der Waals surface area (Å²) in [7, 11) is 0. The number of para-hydroxylation sites is 2. The molecule has 0 fully saturated rings. The van der Waals surface area contributed by atoms with Crippen LogP contribution in [0.1, 0.15) is 11.1 Å². The largest absolute Gasteiger partial charge is 0.306 e. The maximum Gasteiger partial charge on any atom is 0.208 e. The number of hydrogen-bond donors (Lipinski definition) is 1. The highest BCUT2D eigenvalue weighted by molar-refractivity contribution is 6.31. The summed E-state index contributed by atoms with van der Waals surface area (Å²) in [6.07, 6.45) is 0. The van der Waals surface area contributed by atoms with Crippen LogP contribution in [0.15, 0.2) is 97.1 Å². The zero-order valence-corrected chi connectivity index (χ0v) is 17.9. The average Bonchev–Trinajstić information content (AvgIpc) is 3.12. The molecule has 1 N–H and O–H groups in total. The molecular formula is C27H19ClN4. The maximum atomic E-state index is 9.42. The molecule has 5 rings (SSSR count). The zero-order valence-electron chi connectivity index (χ0n) is 17.2. The van der Waals surface area contributed by atoms with Crippen molar-refractivity contribution in [2.75, 3.05) is 0 Å². The smallest absolute Gasteiger partial charge is 0.208 e. The second-order valence-electron chi connectivity index (χ2n) is 7.53. The van der Waals surface area contributed by atoms with Crippen LogP contribution < -0.4 is 5.62 Å². The van der Waals surface area contributed by atoms with E-state index in [0.29, 0.717) is 22.7 Å². The molecule has 1 aromatic heterocycles. The van der Waals surface area contributed by atoms with Gasteiger partial charge in [-0.15, -0.1) is 0 Å². The Hall–Kier alpha value is -4.07. The lowest BCUT2D eigenvalue weighted by Crippen LogP contribution is -2.24. The second kappa shape index (κ2) is 8.22. The Labute approximate surface area is 190 Å². The van der Waals surface area contributed by atoms with Crippen molar-refractivity contribution >= 4 is 22.6 Å². The molecule has 5 aromatic rings. The highest BCUT2D eigenvalue weighted by Crippen LogP contribution is 2.26. The summed E-state index contributed by atoms with van der Waals surface area (Å²) in [5, 5.41) is 19.1. The molecule has 0 radical (unpaired) electrons. The number of halogens is 1. The number of aromatic nitrogens is 2. The van der Waals surface area contributed by atoms with Crippen LogP contribution in [-0.2, 0) is 6.54 Å². The number of nitrogens with one attached hydrogen (secondary N) is 1. The van der Waals surface area contributed by atoms with Crippen molar-refractivity contribution in [2.45, 2.75) is 6.54 Å². The van der Waals surface area contributed by atoms with Crippen LogP contribution in [0, 0.1) is 16.7 Å². The summed E-state index contributed by atoms with van der Waals surface area (Å²) in [6, 6.07) is 33.6. The van der Waals surface area contributed by atoms with E-state index in [-0.39, 0.29) is 0 Å². The second-order valence-corrected chi connectivity index (χ2v) is 7.94. The van der Waals surface area contributed by atoms with E-state index in [0.717, 1.165) is 33.4 Å². The number of hydrogen-bond acceptors (Lipinski definition) is 2. The quantitative estimate of drug-likeness (QED) is 0.362. The monoisotopic (exact) mass is 434 g/mol. The number of nitrogens with zero attached hydrogens (tertiary/aromatic N) is 3. The first kappa shape index (κ1) is 19.9. The Balaban J connectivity index is 1.62. The number of fused-ring (bicyclic) bond motifs is 1. The van der Waals surface area contributed by atoms with Gasteiger partial charge in [0.05, 0.1) is 29.2 Å². The van der Waals surface area contributed by atoms with Gasteiger partial charge in [-0.05, 0) is 53.1 Å². The fourth-order valence-electron chi connectivity index (χ4n) is 4.07. The predicted molar refractivity (Wildman–Crippen MR) is 128 cm³/mol. The summed E-state index contributed by atoms with van der Waals surface area (Å²) in [4.78, 5) is 0. The van der Waals surface area contributed by atoms with Crippen LogP contribution in [0.3, 0.4) is 0 Å². The average molecular weight is 435 g/mol. The first-order valence-corrected chi connectivity index (χ1v) is 10.6. The van der Waals surface area contributed by atoms with Gasteiger partial charge in [-0.3, -0.25) is 9.98 Å². The van der Waals surface area contributed by atoms with Gasteiger partial charge in [-0.2, -0.15) is 5.26 Å². The molecule has 0 amide bonds. The van der Waals surface area contributed by atoms with Crippen LogP contribution in [0.25, 0.3) is 27.8 Å². The highest BCUT2D eigenvalue weighted by atomic mass is 35.5. The first-order chi connectivity index (χ1) is 15.7. The van der Waals surface area contributed by atoms with Gasteiger partial charge < -0.3 is 4.57 Å². The van der Waals surface area contributed by atoms with E-state index >= 15 is 0 Å². The summed E-state index contributed by atoms with van der Waals surface area (Å²) in [5.41, 5.74) is 6.67. The highest BCUT2D eigenvalue weighted by Gasteiger charge is 2.14. The summed E-state index contributed by atoms with van der Waals surface area (Å²) in [6.45, 7) is 0.514. The fraction of sp³-hybridized carbons (Fsp3) is 0.0370. The molecule has 0 spiro atoms. The molecule has 0 unspecified atom stereocenters. The van der Waals surface area contributed by atoms with Crippen molar-refractivity contribution in [1.29, 1.82) is 10.7 Å². The minimum Gasteiger partial charge on any atom is -0.306 e. The van der Waals surface area contributed by atoms with Gasteiger partial charge in [0.15, 0.2) is 0 Å². The minimum absolute atomic E-state index is 0.372. The van der Waals surface area contributed by atoms with Crippen molar-refractivity contribution in [3.05, 3.63) is 119 Å². The van der Waals surface area contributed by atoms with Gasteiger partial charge in [0.2, 0.25) is 5.62 Å². The number of rotatable bonds is 4. The lowest BCUT2D eigenvalue weighted by atomic mass is 10.0. The predicted octanol–water partition coefficient (Wildman–Crippen LogP) is 6.15. The lowest BCUT2D eigenvalue weighted by Gasteiger charge is -2.08. The fourth-order valence-corrected chi connectivity index (χ4v) is 4.27. The topological polar surface area (TPSA) is 57.5 Å². The normalized spacial score (nSPS) is 10.9. The van der Waals surface area contributed by atoms with Crippen molar-refractivity contribution in [1.82, 2.24) is 9.13 Å². The molecule has 0 saturated carbocycles. The summed E-state index contributed by atoms with van der Waals surface area (Å²) >= 11 is 6.40. The lowest BCUT2D eigenvalue weighted by molar-refractivity contribution is 0.724. The Kier molecular flexibility index (Phi) is 5.10. The van der Waals surface area contributed by atoms with Crippen molar-refractivity contribution < 1.29 is 0 Å². The summed E-state index contributed by atoms with van der Waals surface area (Å²) < 4.78 is 3.90. The molecule has 154 valence electrons. The number of nitriles is 1. The van der Waals surface area contributed by atoms with E-state index in [9.17, 15) is 5.26 Å². The maximum absolute atomic E-state index is 9.42. The molecule has 4 nitrogen and oxygen atoms in total. The standard InChI is InChI=1S/C27H19ClN4/c28-24-10-4-2-8-21(24)18-31-25-11-5-6-12-26(25)32(27(31)30)22-15-13-19(14-16-22)23-9-3-1-7-20(23)17-29/h1-16,30H,18H2. The Morgan fingerprint density at radius 2 is 1.44 bits per heavy atom. The molecule has 0 aliphatic rings. The first-order valence-electron chi connectivity index (χ1n) is 10.3. The van der Waals surface area contributed by atoms with E-state index in [1.807, 2.05) is 106 Å². The third kappa shape index (κ3) is 3.39. The Morgan fingerprint density at radius 1 is 0.781 bits per heavy atom. The molecule has 4 aromatic carbocycles. The van der Waals surface area contributed by atoms with E-state index in [2.05, 4.69) is 6.07 Å². The molecule has 0 aliphatic carbocycles. The summed E-state index contributed by atoms with van der Waals surface area (Å²) in [5.74, 6) is 0. The number of benzene rings is 4. The number of imidazole rings is 1. The molecule has 0 aliphatic heterocycles. The molecule has 32 heavy (non-hydrogen) atoms. The molecule has 0 saturated heterocycles. The van der Waals surface area contributed by atoms with Crippen LogP contribution in [-0.4, -0.2) is 9.13 Å². The third-order valence-corrected chi connectivity index (χ3v) is 6.02. The van der Waals surface area contributed by atoms with Crippen LogP contribution >= 0.6 is 11.6 Å². The minimum atomic E-state index is 0.372. The van der Waals surface area contributed by atoms with Crippen molar-refractivity contribution in [3.8, 4) is 22.9 Å². The van der Waals surface area contributed by atoms with E-state index in [1.165, 1.54) is 0 Å². The van der Waals surface area contributed by atoms with Gasteiger partial charge in [-0.1, -0.05) is 72.3 Å². The van der Waals surface area contributed by atoms with Crippen LogP contribution in [0.5, 0.6) is 0 Å². The van der Waals surface area contributed by atoms with Crippen molar-refractivity contribution in [2.24, 2.45) is 0 Å². The SMILES string of the molecule is N#Cc1ccccc1-c1ccc(-n2c(=N)n(Cc3ccccc3Cl)c3ccccc32)cc1. The van der Waals surface area contributed by atoms with Crippen LogP contribution in [0.4, 0.5) is 0 Å². The molecule has 0 atom stereocenters. The third-order valence-electron chi connectivity index (χ3n) is 5.65. The van der Waals surface area contributed by atoms with Crippen molar-refractivity contribution in [3.63, 3.8) is 0 Å². The van der Waals surface area contributed by atoms with Gasteiger partial charge in [0, 0.05) is 10.7 Å². The molecule has 5 heteroatoms. The van der Waals surface area contributed by atoms with Crippen LogP contribution in [0.2, 0.25) is 5.02 Å².